The minimum absolute atomic E-state index is 0.116. The topological polar surface area (TPSA) is 49.9 Å². The molecule has 0 saturated heterocycles. The zero-order valence-corrected chi connectivity index (χ0v) is 13.4. The van der Waals surface area contributed by atoms with Crippen LogP contribution in [0.3, 0.4) is 0 Å². The number of unbranched alkanes of at least 4 members (excludes halogenated alkanes) is 4. The summed E-state index contributed by atoms with van der Waals surface area (Å²) in [7, 11) is 0. The molecule has 0 bridgehead atoms. The molecule has 2 heteroatoms. The predicted molar refractivity (Wildman–Crippen MR) is 95.4 cm³/mol. The first-order valence-corrected chi connectivity index (χ1v) is 8.24. The van der Waals surface area contributed by atoms with E-state index in [2.05, 4.69) is 31.2 Å². The number of nitrogen functional groups attached to an aromatic ring is 1. The highest BCUT2D eigenvalue weighted by Gasteiger charge is 2.00. The standard InChI is InChI=1S/C20H26N2/c1-2-3-4-5-6-7-16-8-10-17(11-9-16)18-12-14-19(15-13-18)20(21)22/h8-15H,2-7H2,1H3,(H3,21,22). The van der Waals surface area contributed by atoms with Crippen molar-refractivity contribution in [2.75, 3.05) is 0 Å². The molecule has 0 atom stereocenters. The number of benzene rings is 2. The average Bonchev–Trinajstić information content (AvgIpc) is 2.55. The summed E-state index contributed by atoms with van der Waals surface area (Å²) in [5.74, 6) is 0.116. The van der Waals surface area contributed by atoms with Crippen LogP contribution < -0.4 is 5.73 Å². The molecule has 3 N–H and O–H groups in total. The van der Waals surface area contributed by atoms with Gasteiger partial charge in [0, 0.05) is 5.56 Å². The van der Waals surface area contributed by atoms with Gasteiger partial charge in [-0.25, -0.2) is 0 Å². The number of amidine groups is 1. The Hall–Kier alpha value is -2.09. The van der Waals surface area contributed by atoms with E-state index in [4.69, 9.17) is 11.1 Å². The maximum absolute atomic E-state index is 7.42. The van der Waals surface area contributed by atoms with Gasteiger partial charge >= 0.3 is 0 Å². The molecule has 0 radical (unpaired) electrons. The third-order valence-electron chi connectivity index (χ3n) is 4.05. The molecule has 2 nitrogen and oxygen atoms in total. The fraction of sp³-hybridized carbons (Fsp3) is 0.350. The zero-order chi connectivity index (χ0) is 15.8. The normalized spacial score (nSPS) is 10.6. The van der Waals surface area contributed by atoms with Gasteiger partial charge in [0.25, 0.3) is 0 Å². The number of aryl methyl sites for hydroxylation is 1. The summed E-state index contributed by atoms with van der Waals surface area (Å²) in [6.07, 6.45) is 7.81. The lowest BCUT2D eigenvalue weighted by Gasteiger charge is -2.06. The van der Waals surface area contributed by atoms with Gasteiger partial charge in [-0.1, -0.05) is 81.1 Å². The van der Waals surface area contributed by atoms with E-state index in [0.29, 0.717) is 0 Å². The van der Waals surface area contributed by atoms with E-state index in [1.807, 2.05) is 24.3 Å². The predicted octanol–water partition coefficient (Wildman–Crippen LogP) is 5.15. The third kappa shape index (κ3) is 4.73. The van der Waals surface area contributed by atoms with Gasteiger partial charge in [-0.2, -0.15) is 0 Å². The molecule has 0 saturated carbocycles. The van der Waals surface area contributed by atoms with Crippen molar-refractivity contribution in [1.82, 2.24) is 0 Å². The number of hydrogen-bond acceptors (Lipinski definition) is 1. The minimum atomic E-state index is 0.116. The SMILES string of the molecule is CCCCCCCc1ccc(-c2ccc(C(=N)N)cc2)cc1. The van der Waals surface area contributed by atoms with Crippen molar-refractivity contribution in [2.45, 2.75) is 45.4 Å². The Balaban J connectivity index is 1.92. The van der Waals surface area contributed by atoms with E-state index >= 15 is 0 Å². The molecular formula is C20H26N2. The van der Waals surface area contributed by atoms with E-state index in [1.165, 1.54) is 55.2 Å². The molecule has 2 aromatic carbocycles. The maximum Gasteiger partial charge on any atom is 0.122 e. The second-order valence-electron chi connectivity index (χ2n) is 5.85. The number of nitrogens with one attached hydrogen (secondary N) is 1. The first kappa shape index (κ1) is 16.3. The van der Waals surface area contributed by atoms with E-state index in [9.17, 15) is 0 Å². The average molecular weight is 294 g/mol. The summed E-state index contributed by atoms with van der Waals surface area (Å²) in [6.45, 7) is 2.25. The molecule has 116 valence electrons. The van der Waals surface area contributed by atoms with Crippen molar-refractivity contribution in [3.8, 4) is 11.1 Å². The van der Waals surface area contributed by atoms with Gasteiger partial charge in [-0.05, 0) is 29.5 Å². The van der Waals surface area contributed by atoms with Crippen molar-refractivity contribution in [3.63, 3.8) is 0 Å². The zero-order valence-electron chi connectivity index (χ0n) is 13.4. The van der Waals surface area contributed by atoms with Gasteiger partial charge in [0.15, 0.2) is 0 Å². The summed E-state index contributed by atoms with van der Waals surface area (Å²) in [4.78, 5) is 0. The van der Waals surface area contributed by atoms with Crippen molar-refractivity contribution in [3.05, 3.63) is 59.7 Å². The molecule has 22 heavy (non-hydrogen) atoms. The molecule has 0 aliphatic rings. The molecule has 0 aliphatic heterocycles. The fourth-order valence-electron chi connectivity index (χ4n) is 2.64. The summed E-state index contributed by atoms with van der Waals surface area (Å²) in [5, 5.41) is 7.42. The molecule has 0 fully saturated rings. The van der Waals surface area contributed by atoms with E-state index in [1.54, 1.807) is 0 Å². The largest absolute Gasteiger partial charge is 0.384 e. The van der Waals surface area contributed by atoms with E-state index < -0.39 is 0 Å². The molecule has 0 aromatic heterocycles. The van der Waals surface area contributed by atoms with Crippen LogP contribution in [0.25, 0.3) is 11.1 Å². The number of hydrogen-bond donors (Lipinski definition) is 2. The van der Waals surface area contributed by atoms with Gasteiger partial charge in [0.1, 0.15) is 5.84 Å². The Morgan fingerprint density at radius 1 is 0.818 bits per heavy atom. The van der Waals surface area contributed by atoms with Crippen LogP contribution in [0.4, 0.5) is 0 Å². The molecule has 0 aliphatic carbocycles. The van der Waals surface area contributed by atoms with Gasteiger partial charge < -0.3 is 5.73 Å². The highest BCUT2D eigenvalue weighted by molar-refractivity contribution is 5.95. The number of rotatable bonds is 8. The van der Waals surface area contributed by atoms with Crippen molar-refractivity contribution >= 4 is 5.84 Å². The molecule has 0 spiro atoms. The third-order valence-corrected chi connectivity index (χ3v) is 4.05. The minimum Gasteiger partial charge on any atom is -0.384 e. The first-order valence-electron chi connectivity index (χ1n) is 8.24. The van der Waals surface area contributed by atoms with Crippen molar-refractivity contribution in [2.24, 2.45) is 5.73 Å². The van der Waals surface area contributed by atoms with E-state index in [-0.39, 0.29) is 5.84 Å². The van der Waals surface area contributed by atoms with Crippen molar-refractivity contribution < 1.29 is 0 Å². The quantitative estimate of drug-likeness (QED) is 0.395. The summed E-state index contributed by atoms with van der Waals surface area (Å²) < 4.78 is 0. The fourth-order valence-corrected chi connectivity index (χ4v) is 2.64. The second-order valence-corrected chi connectivity index (χ2v) is 5.85. The first-order chi connectivity index (χ1) is 10.7. The van der Waals surface area contributed by atoms with Crippen LogP contribution in [0.2, 0.25) is 0 Å². The van der Waals surface area contributed by atoms with Crippen LogP contribution in [0.1, 0.15) is 50.2 Å². The summed E-state index contributed by atoms with van der Waals surface area (Å²) >= 11 is 0. The summed E-state index contributed by atoms with van der Waals surface area (Å²) in [5.41, 5.74) is 10.0. The van der Waals surface area contributed by atoms with Crippen LogP contribution in [-0.2, 0) is 6.42 Å². The molecule has 0 heterocycles. The smallest absolute Gasteiger partial charge is 0.122 e. The molecule has 0 unspecified atom stereocenters. The lowest BCUT2D eigenvalue weighted by atomic mass is 10.00. The van der Waals surface area contributed by atoms with Gasteiger partial charge in [0.05, 0.1) is 0 Å². The lowest BCUT2D eigenvalue weighted by Crippen LogP contribution is -2.10. The van der Waals surface area contributed by atoms with Gasteiger partial charge in [-0.15, -0.1) is 0 Å². The molecule has 2 aromatic rings. The maximum atomic E-state index is 7.42. The number of nitrogens with two attached hydrogens (primary N) is 1. The lowest BCUT2D eigenvalue weighted by molar-refractivity contribution is 0.632. The Morgan fingerprint density at radius 2 is 1.36 bits per heavy atom. The van der Waals surface area contributed by atoms with E-state index in [0.717, 1.165) is 5.56 Å². The Morgan fingerprint density at radius 3 is 1.91 bits per heavy atom. The van der Waals surface area contributed by atoms with Crippen molar-refractivity contribution in [1.29, 1.82) is 5.41 Å². The molecule has 0 amide bonds. The van der Waals surface area contributed by atoms with Gasteiger partial charge in [0.2, 0.25) is 0 Å². The highest BCUT2D eigenvalue weighted by Crippen LogP contribution is 2.21. The Kier molecular flexibility index (Phi) is 6.20. The second kappa shape index (κ2) is 8.38. The summed E-state index contributed by atoms with van der Waals surface area (Å²) in [6, 6.07) is 16.7. The van der Waals surface area contributed by atoms with Crippen LogP contribution in [-0.4, -0.2) is 5.84 Å². The molecule has 2 rings (SSSR count). The monoisotopic (exact) mass is 294 g/mol. The van der Waals surface area contributed by atoms with Crippen LogP contribution in [0.15, 0.2) is 48.5 Å². The van der Waals surface area contributed by atoms with Crippen LogP contribution >= 0.6 is 0 Å². The highest BCUT2D eigenvalue weighted by atomic mass is 14.7. The van der Waals surface area contributed by atoms with Crippen LogP contribution in [0.5, 0.6) is 0 Å². The Bertz CT molecular complexity index is 582. The van der Waals surface area contributed by atoms with Gasteiger partial charge in [-0.3, -0.25) is 5.41 Å². The Labute approximate surface area is 133 Å². The van der Waals surface area contributed by atoms with Crippen LogP contribution in [0, 0.1) is 5.41 Å². The molecular weight excluding hydrogens is 268 g/mol.